The first-order valence-corrected chi connectivity index (χ1v) is 7.38. The highest BCUT2D eigenvalue weighted by atomic mass is 16.5. The van der Waals surface area contributed by atoms with Crippen molar-refractivity contribution in [3.63, 3.8) is 0 Å². The van der Waals surface area contributed by atoms with Crippen molar-refractivity contribution in [2.75, 3.05) is 6.61 Å². The Morgan fingerprint density at radius 3 is 2.65 bits per heavy atom. The van der Waals surface area contributed by atoms with Crippen LogP contribution in [0, 0.1) is 0 Å². The van der Waals surface area contributed by atoms with Crippen LogP contribution in [0.5, 0.6) is 5.75 Å². The van der Waals surface area contributed by atoms with Crippen LogP contribution in [-0.2, 0) is 6.42 Å². The number of hydrogen-bond donors (Lipinski definition) is 1. The molecule has 0 aromatic heterocycles. The van der Waals surface area contributed by atoms with Gasteiger partial charge in [-0.2, -0.15) is 0 Å². The maximum Gasteiger partial charge on any atom is 0.122 e. The normalized spacial score (nSPS) is 24.2. The largest absolute Gasteiger partial charge is 0.493 e. The van der Waals surface area contributed by atoms with Gasteiger partial charge in [-0.15, -0.1) is 0 Å². The van der Waals surface area contributed by atoms with Crippen molar-refractivity contribution in [3.05, 3.63) is 65.2 Å². The predicted octanol–water partition coefficient (Wildman–Crippen LogP) is 3.22. The van der Waals surface area contributed by atoms with Gasteiger partial charge in [-0.05, 0) is 36.0 Å². The van der Waals surface area contributed by atoms with Gasteiger partial charge in [-0.1, -0.05) is 42.5 Å². The molecule has 2 aromatic rings. The van der Waals surface area contributed by atoms with E-state index in [1.807, 2.05) is 12.1 Å². The summed E-state index contributed by atoms with van der Waals surface area (Å²) in [4.78, 5) is 0. The van der Waals surface area contributed by atoms with Crippen molar-refractivity contribution in [1.82, 2.24) is 0 Å². The van der Waals surface area contributed by atoms with Crippen molar-refractivity contribution in [3.8, 4) is 5.75 Å². The summed E-state index contributed by atoms with van der Waals surface area (Å²) >= 11 is 0. The Balaban J connectivity index is 1.49. The minimum absolute atomic E-state index is 0.178. The van der Waals surface area contributed by atoms with Gasteiger partial charge in [-0.25, -0.2) is 0 Å². The van der Waals surface area contributed by atoms with E-state index in [0.717, 1.165) is 18.8 Å². The monoisotopic (exact) mass is 265 g/mol. The third-order valence-electron chi connectivity index (χ3n) is 4.77. The zero-order chi connectivity index (χ0) is 13.5. The van der Waals surface area contributed by atoms with E-state index in [4.69, 9.17) is 10.5 Å². The van der Waals surface area contributed by atoms with E-state index < -0.39 is 0 Å². The summed E-state index contributed by atoms with van der Waals surface area (Å²) in [5.41, 5.74) is 10.8. The van der Waals surface area contributed by atoms with Crippen LogP contribution >= 0.6 is 0 Å². The highest BCUT2D eigenvalue weighted by Crippen LogP contribution is 2.42. The van der Waals surface area contributed by atoms with E-state index >= 15 is 0 Å². The number of nitrogens with two attached hydrogens (primary N) is 1. The molecule has 20 heavy (non-hydrogen) atoms. The molecule has 1 heterocycles. The smallest absolute Gasteiger partial charge is 0.122 e. The molecule has 2 aromatic carbocycles. The van der Waals surface area contributed by atoms with Gasteiger partial charge in [-0.3, -0.25) is 0 Å². The molecule has 4 rings (SSSR count). The average Bonchev–Trinajstić information content (AvgIpc) is 2.88. The summed E-state index contributed by atoms with van der Waals surface area (Å²) in [5, 5.41) is 0. The second-order valence-electron chi connectivity index (χ2n) is 5.95. The van der Waals surface area contributed by atoms with E-state index in [2.05, 4.69) is 36.4 Å². The number of ether oxygens (including phenoxy) is 1. The SMILES string of the molecule is NC(CC1Cc2ccccc21)C1COc2ccccc21. The topological polar surface area (TPSA) is 35.2 Å². The number of para-hydroxylation sites is 1. The van der Waals surface area contributed by atoms with Crippen molar-refractivity contribution in [2.45, 2.75) is 30.7 Å². The number of hydrogen-bond acceptors (Lipinski definition) is 2. The van der Waals surface area contributed by atoms with Crippen LogP contribution in [0.25, 0.3) is 0 Å². The summed E-state index contributed by atoms with van der Waals surface area (Å²) < 4.78 is 5.75. The molecule has 3 atom stereocenters. The zero-order valence-electron chi connectivity index (χ0n) is 11.5. The molecule has 0 spiro atoms. The second-order valence-corrected chi connectivity index (χ2v) is 5.95. The van der Waals surface area contributed by atoms with E-state index in [0.29, 0.717) is 11.8 Å². The number of rotatable bonds is 3. The first-order valence-electron chi connectivity index (χ1n) is 7.38. The van der Waals surface area contributed by atoms with Crippen LogP contribution in [0.15, 0.2) is 48.5 Å². The Hall–Kier alpha value is -1.80. The van der Waals surface area contributed by atoms with Crippen LogP contribution in [0.4, 0.5) is 0 Å². The quantitative estimate of drug-likeness (QED) is 0.924. The molecule has 2 heteroatoms. The third-order valence-corrected chi connectivity index (χ3v) is 4.77. The number of fused-ring (bicyclic) bond motifs is 2. The molecule has 0 fully saturated rings. The lowest BCUT2D eigenvalue weighted by Gasteiger charge is -2.33. The van der Waals surface area contributed by atoms with Gasteiger partial charge in [0, 0.05) is 17.5 Å². The van der Waals surface area contributed by atoms with E-state index in [-0.39, 0.29) is 6.04 Å². The Labute approximate surface area is 119 Å². The third kappa shape index (κ3) is 1.83. The van der Waals surface area contributed by atoms with E-state index in [9.17, 15) is 0 Å². The second kappa shape index (κ2) is 4.64. The fourth-order valence-electron chi connectivity index (χ4n) is 3.61. The zero-order valence-corrected chi connectivity index (χ0v) is 11.5. The van der Waals surface area contributed by atoms with Gasteiger partial charge in [0.25, 0.3) is 0 Å². The summed E-state index contributed by atoms with van der Waals surface area (Å²) in [6.07, 6.45) is 2.23. The standard InChI is InChI=1S/C18H19NO/c19-17(10-13-9-12-5-1-2-6-14(12)13)16-11-20-18-8-4-3-7-15(16)18/h1-8,13,16-17H,9-11,19H2. The van der Waals surface area contributed by atoms with Crippen molar-refractivity contribution in [1.29, 1.82) is 0 Å². The molecule has 2 nitrogen and oxygen atoms in total. The van der Waals surface area contributed by atoms with Gasteiger partial charge >= 0.3 is 0 Å². The highest BCUT2D eigenvalue weighted by molar-refractivity contribution is 5.42. The fourth-order valence-corrected chi connectivity index (χ4v) is 3.61. The number of benzene rings is 2. The Morgan fingerprint density at radius 1 is 1.05 bits per heavy atom. The first-order chi connectivity index (χ1) is 9.83. The molecule has 0 bridgehead atoms. The summed E-state index contributed by atoms with van der Waals surface area (Å²) in [6, 6.07) is 17.2. The summed E-state index contributed by atoms with van der Waals surface area (Å²) in [6.45, 7) is 0.731. The maximum atomic E-state index is 6.48. The van der Waals surface area contributed by atoms with Crippen LogP contribution < -0.4 is 10.5 Å². The minimum atomic E-state index is 0.178. The molecule has 3 unspecified atom stereocenters. The Kier molecular flexibility index (Phi) is 2.78. The molecular weight excluding hydrogens is 246 g/mol. The van der Waals surface area contributed by atoms with Gasteiger partial charge < -0.3 is 10.5 Å². The average molecular weight is 265 g/mol. The molecule has 1 aliphatic carbocycles. The molecule has 2 aliphatic rings. The van der Waals surface area contributed by atoms with Crippen molar-refractivity contribution in [2.24, 2.45) is 5.73 Å². The first kappa shape index (κ1) is 12.0. The lowest BCUT2D eigenvalue weighted by atomic mass is 9.73. The Morgan fingerprint density at radius 2 is 1.80 bits per heavy atom. The summed E-state index contributed by atoms with van der Waals surface area (Å²) in [7, 11) is 0. The highest BCUT2D eigenvalue weighted by Gasteiger charge is 2.33. The van der Waals surface area contributed by atoms with Crippen LogP contribution in [-0.4, -0.2) is 12.6 Å². The van der Waals surface area contributed by atoms with E-state index in [1.54, 1.807) is 0 Å². The molecule has 0 amide bonds. The molecule has 0 saturated carbocycles. The predicted molar refractivity (Wildman–Crippen MR) is 80.2 cm³/mol. The van der Waals surface area contributed by atoms with Gasteiger partial charge in [0.15, 0.2) is 0 Å². The molecule has 1 aliphatic heterocycles. The molecule has 0 saturated heterocycles. The fraction of sp³-hybridized carbons (Fsp3) is 0.333. The van der Waals surface area contributed by atoms with Crippen molar-refractivity contribution < 1.29 is 4.74 Å². The molecule has 102 valence electrons. The van der Waals surface area contributed by atoms with Gasteiger partial charge in [0.1, 0.15) is 5.75 Å². The minimum Gasteiger partial charge on any atom is -0.493 e. The van der Waals surface area contributed by atoms with Crippen LogP contribution in [0.3, 0.4) is 0 Å². The van der Waals surface area contributed by atoms with E-state index in [1.165, 1.54) is 23.1 Å². The lowest BCUT2D eigenvalue weighted by molar-refractivity contribution is 0.302. The Bertz CT molecular complexity index is 637. The molecule has 0 radical (unpaired) electrons. The van der Waals surface area contributed by atoms with Gasteiger partial charge in [0.05, 0.1) is 6.61 Å². The molecular formula is C18H19NO. The van der Waals surface area contributed by atoms with Gasteiger partial charge in [0.2, 0.25) is 0 Å². The summed E-state index contributed by atoms with van der Waals surface area (Å²) in [5.74, 6) is 2.00. The van der Waals surface area contributed by atoms with Crippen LogP contribution in [0.1, 0.15) is 34.9 Å². The van der Waals surface area contributed by atoms with Crippen LogP contribution in [0.2, 0.25) is 0 Å². The molecule has 2 N–H and O–H groups in total. The van der Waals surface area contributed by atoms with Crippen molar-refractivity contribution >= 4 is 0 Å². The maximum absolute atomic E-state index is 6.48. The lowest BCUT2D eigenvalue weighted by Crippen LogP contribution is -2.34.